The first-order valence-corrected chi connectivity index (χ1v) is 12.2. The van der Waals surface area contributed by atoms with Crippen LogP contribution in [0.5, 0.6) is 0 Å². The number of nitro benzene ring substituents is 1. The maximum Gasteiger partial charge on any atom is 0.269 e. The van der Waals surface area contributed by atoms with Crippen LogP contribution in [0.4, 0.5) is 5.69 Å². The van der Waals surface area contributed by atoms with Crippen molar-refractivity contribution in [2.24, 2.45) is 0 Å². The van der Waals surface area contributed by atoms with Crippen LogP contribution in [0.25, 0.3) is 16.7 Å². The number of carbonyl (C=O) groups is 1. The molecule has 0 unspecified atom stereocenters. The first-order valence-electron chi connectivity index (χ1n) is 12.2. The third-order valence-electron chi connectivity index (χ3n) is 6.30. The molecular weight excluding hydrogens is 472 g/mol. The molecule has 38 heavy (non-hydrogen) atoms. The summed E-state index contributed by atoms with van der Waals surface area (Å²) in [6.07, 6.45) is 2.04. The molecule has 4 aromatic rings. The Bertz CT molecular complexity index is 1560. The molecule has 0 aliphatic carbocycles. The maximum absolute atomic E-state index is 13.3. The van der Waals surface area contributed by atoms with Gasteiger partial charge in [-0.2, -0.15) is 5.26 Å². The third-order valence-corrected chi connectivity index (χ3v) is 6.30. The van der Waals surface area contributed by atoms with E-state index in [4.69, 9.17) is 0 Å². The Kier molecular flexibility index (Phi) is 8.05. The molecule has 4 rings (SSSR count). The molecule has 0 saturated heterocycles. The van der Waals surface area contributed by atoms with Gasteiger partial charge >= 0.3 is 0 Å². The minimum Gasteiger partial charge on any atom is -0.294 e. The third kappa shape index (κ3) is 6.18. The monoisotopic (exact) mass is 498 g/mol. The van der Waals surface area contributed by atoms with Crippen molar-refractivity contribution in [3.63, 3.8) is 0 Å². The summed E-state index contributed by atoms with van der Waals surface area (Å²) < 4.78 is 0. The van der Waals surface area contributed by atoms with E-state index in [1.165, 1.54) is 12.1 Å². The number of allylic oxidation sites excluding steroid dienone is 4. The molecule has 0 atom stereocenters. The van der Waals surface area contributed by atoms with Gasteiger partial charge in [0, 0.05) is 29.7 Å². The van der Waals surface area contributed by atoms with Crippen LogP contribution in [0.3, 0.4) is 0 Å². The van der Waals surface area contributed by atoms with Crippen molar-refractivity contribution in [1.29, 1.82) is 5.26 Å². The zero-order valence-electron chi connectivity index (χ0n) is 21.2. The normalized spacial score (nSPS) is 11.9. The summed E-state index contributed by atoms with van der Waals surface area (Å²) in [6, 6.07) is 33.2. The fraction of sp³-hybridized carbons (Fsp3) is 0.0909. The standard InChI is InChI=1S/C33H26N2O3/c1-23-8-12-26(13-9-23)31(32(22-34)27-16-18-30(19-17-27)35(37)38)20-29(25-6-4-3-5-7-25)21-33(36)28-14-10-24(2)11-15-28/h3-20H,21H2,1-2H3. The number of carbonyl (C=O) groups excluding carboxylic acids is 1. The SMILES string of the molecule is Cc1ccc(C(=O)CC(=CC(=C(C#N)c2ccc([N+](=O)[O-])cc2)c2ccc(C)cc2)c2ccccc2)cc1. The van der Waals surface area contributed by atoms with Crippen molar-refractivity contribution < 1.29 is 9.72 Å². The lowest BCUT2D eigenvalue weighted by Gasteiger charge is -2.13. The number of nitrogens with zero attached hydrogens (tertiary/aromatic N) is 2. The Morgan fingerprint density at radius 2 is 1.29 bits per heavy atom. The van der Waals surface area contributed by atoms with Gasteiger partial charge < -0.3 is 0 Å². The first kappa shape index (κ1) is 26.0. The Hall–Kier alpha value is -5.08. The van der Waals surface area contributed by atoms with Crippen molar-refractivity contribution in [2.75, 3.05) is 0 Å². The highest BCUT2D eigenvalue weighted by molar-refractivity contribution is 6.07. The van der Waals surface area contributed by atoms with Crippen LogP contribution in [0.2, 0.25) is 0 Å². The van der Waals surface area contributed by atoms with Gasteiger partial charge in [0.15, 0.2) is 5.78 Å². The van der Waals surface area contributed by atoms with E-state index in [0.717, 1.165) is 27.8 Å². The van der Waals surface area contributed by atoms with Crippen LogP contribution in [0.15, 0.2) is 109 Å². The number of nitro groups is 1. The van der Waals surface area contributed by atoms with Crippen molar-refractivity contribution in [3.05, 3.63) is 153 Å². The highest BCUT2D eigenvalue weighted by Crippen LogP contribution is 2.33. The Balaban J connectivity index is 1.91. The number of Topliss-reactive ketones (excluding diaryl/α,β-unsaturated/α-hetero) is 1. The molecule has 0 amide bonds. The summed E-state index contributed by atoms with van der Waals surface area (Å²) >= 11 is 0. The number of hydrogen-bond donors (Lipinski definition) is 0. The van der Waals surface area contributed by atoms with Crippen LogP contribution >= 0.6 is 0 Å². The van der Waals surface area contributed by atoms with E-state index < -0.39 is 4.92 Å². The minimum absolute atomic E-state index is 0.0304. The maximum atomic E-state index is 13.3. The zero-order chi connectivity index (χ0) is 27.1. The van der Waals surface area contributed by atoms with Crippen LogP contribution in [0, 0.1) is 35.3 Å². The molecule has 5 heteroatoms. The number of rotatable bonds is 8. The number of benzene rings is 4. The Labute approximate surface area is 222 Å². The van der Waals surface area contributed by atoms with Gasteiger partial charge in [-0.05, 0) is 54.3 Å². The van der Waals surface area contributed by atoms with Crippen LogP contribution < -0.4 is 0 Å². The van der Waals surface area contributed by atoms with Gasteiger partial charge in [0.1, 0.15) is 6.07 Å². The second kappa shape index (κ2) is 11.8. The predicted octanol–water partition coefficient (Wildman–Crippen LogP) is 8.00. The summed E-state index contributed by atoms with van der Waals surface area (Å²) in [5.41, 5.74) is 6.72. The van der Waals surface area contributed by atoms with Crippen LogP contribution in [-0.2, 0) is 0 Å². The molecule has 0 fully saturated rings. The molecule has 0 aromatic heterocycles. The lowest BCUT2D eigenvalue weighted by atomic mass is 9.89. The fourth-order valence-electron chi connectivity index (χ4n) is 4.14. The molecule has 0 saturated carbocycles. The summed E-state index contributed by atoms with van der Waals surface area (Å²) in [6.45, 7) is 3.96. The van der Waals surface area contributed by atoms with Crippen molar-refractivity contribution >= 4 is 28.2 Å². The van der Waals surface area contributed by atoms with Crippen molar-refractivity contribution in [3.8, 4) is 6.07 Å². The molecule has 0 aliphatic rings. The largest absolute Gasteiger partial charge is 0.294 e. The Morgan fingerprint density at radius 1 is 0.763 bits per heavy atom. The van der Waals surface area contributed by atoms with Gasteiger partial charge in [0.05, 0.1) is 10.5 Å². The molecular formula is C33H26N2O3. The van der Waals surface area contributed by atoms with Gasteiger partial charge in [-0.3, -0.25) is 14.9 Å². The number of nitriles is 1. The number of non-ortho nitro benzene ring substituents is 1. The second-order valence-corrected chi connectivity index (χ2v) is 9.07. The van der Waals surface area contributed by atoms with E-state index in [1.54, 1.807) is 12.1 Å². The predicted molar refractivity (Wildman–Crippen MR) is 151 cm³/mol. The number of hydrogen-bond acceptors (Lipinski definition) is 4. The zero-order valence-corrected chi connectivity index (χ0v) is 21.2. The van der Waals surface area contributed by atoms with Crippen LogP contribution in [0.1, 0.15) is 44.6 Å². The smallest absolute Gasteiger partial charge is 0.269 e. The van der Waals surface area contributed by atoms with E-state index in [9.17, 15) is 20.2 Å². The summed E-state index contributed by atoms with van der Waals surface area (Å²) in [5, 5.41) is 21.4. The molecule has 5 nitrogen and oxygen atoms in total. The van der Waals surface area contributed by atoms with Crippen LogP contribution in [-0.4, -0.2) is 10.7 Å². The molecule has 0 bridgehead atoms. The highest BCUT2D eigenvalue weighted by atomic mass is 16.6. The molecule has 186 valence electrons. The van der Waals surface area contributed by atoms with Gasteiger partial charge in [-0.15, -0.1) is 0 Å². The number of aryl methyl sites for hydroxylation is 2. The van der Waals surface area contributed by atoms with E-state index in [2.05, 4.69) is 6.07 Å². The fourth-order valence-corrected chi connectivity index (χ4v) is 4.14. The Morgan fingerprint density at radius 3 is 1.82 bits per heavy atom. The average Bonchev–Trinajstić information content (AvgIpc) is 2.94. The molecule has 0 N–H and O–H groups in total. The summed E-state index contributed by atoms with van der Waals surface area (Å²) in [5.74, 6) is -0.0304. The quantitative estimate of drug-likeness (QED) is 0.0615. The summed E-state index contributed by atoms with van der Waals surface area (Å²) in [7, 11) is 0. The van der Waals surface area contributed by atoms with Gasteiger partial charge in [0.2, 0.25) is 0 Å². The average molecular weight is 499 g/mol. The molecule has 0 heterocycles. The molecule has 0 radical (unpaired) electrons. The van der Waals surface area contributed by atoms with Gasteiger partial charge in [-0.1, -0.05) is 90.0 Å². The van der Waals surface area contributed by atoms with E-state index >= 15 is 0 Å². The first-order chi connectivity index (χ1) is 18.4. The molecule has 0 aliphatic heterocycles. The topological polar surface area (TPSA) is 84.0 Å². The second-order valence-electron chi connectivity index (χ2n) is 9.07. The lowest BCUT2D eigenvalue weighted by molar-refractivity contribution is -0.384. The lowest BCUT2D eigenvalue weighted by Crippen LogP contribution is -2.02. The molecule has 0 spiro atoms. The number of ketones is 1. The van der Waals surface area contributed by atoms with E-state index in [1.807, 2.05) is 98.8 Å². The minimum atomic E-state index is -0.468. The van der Waals surface area contributed by atoms with Gasteiger partial charge in [0.25, 0.3) is 5.69 Å². The van der Waals surface area contributed by atoms with Crippen molar-refractivity contribution in [2.45, 2.75) is 20.3 Å². The highest BCUT2D eigenvalue weighted by Gasteiger charge is 2.16. The molecule has 4 aromatic carbocycles. The van der Waals surface area contributed by atoms with Crippen molar-refractivity contribution in [1.82, 2.24) is 0 Å². The van der Waals surface area contributed by atoms with Gasteiger partial charge in [-0.25, -0.2) is 0 Å². The van der Waals surface area contributed by atoms with E-state index in [0.29, 0.717) is 22.3 Å². The summed E-state index contributed by atoms with van der Waals surface area (Å²) in [4.78, 5) is 24.0. The van der Waals surface area contributed by atoms with E-state index in [-0.39, 0.29) is 17.9 Å².